The Morgan fingerprint density at radius 1 is 1.10 bits per heavy atom. The van der Waals surface area contributed by atoms with Crippen LogP contribution in [0.5, 0.6) is 0 Å². The summed E-state index contributed by atoms with van der Waals surface area (Å²) in [7, 11) is 0. The molecule has 0 unspecified atom stereocenters. The van der Waals surface area contributed by atoms with Crippen LogP contribution in [0.25, 0.3) is 11.1 Å². The third-order valence-corrected chi connectivity index (χ3v) is 5.44. The lowest BCUT2D eigenvalue weighted by Crippen LogP contribution is -2.38. The monoisotopic (exact) mass is 450 g/mol. The van der Waals surface area contributed by atoms with Crippen LogP contribution < -0.4 is 5.32 Å². The van der Waals surface area contributed by atoms with Crippen LogP contribution in [0, 0.1) is 11.8 Å². The Labute approximate surface area is 188 Å². The zero-order valence-corrected chi connectivity index (χ0v) is 19.9. The number of nitrogens with one attached hydrogen (secondary N) is 1. The van der Waals surface area contributed by atoms with Crippen molar-refractivity contribution < 1.29 is 14.3 Å². The highest BCUT2D eigenvalue weighted by Crippen LogP contribution is 2.36. The number of amides is 1. The number of esters is 1. The SMILES string of the molecule is CCOC(=O)c1c(-c2ccc(Cl)cc2)csc1NC(=O)CN(CC(C)C)CC(C)C. The number of nitrogens with zero attached hydrogens (tertiary/aromatic N) is 1. The molecule has 2 aromatic rings. The van der Waals surface area contributed by atoms with Crippen LogP contribution in [0.3, 0.4) is 0 Å². The molecule has 30 heavy (non-hydrogen) atoms. The van der Waals surface area contributed by atoms with Crippen LogP contribution in [-0.2, 0) is 9.53 Å². The first-order valence-corrected chi connectivity index (χ1v) is 11.5. The molecule has 7 heteroatoms. The van der Waals surface area contributed by atoms with Gasteiger partial charge in [0.2, 0.25) is 5.91 Å². The Morgan fingerprint density at radius 2 is 1.70 bits per heavy atom. The molecule has 0 aliphatic rings. The van der Waals surface area contributed by atoms with E-state index >= 15 is 0 Å². The number of hydrogen-bond donors (Lipinski definition) is 1. The van der Waals surface area contributed by atoms with Crippen molar-refractivity contribution in [3.63, 3.8) is 0 Å². The second-order valence-electron chi connectivity index (χ2n) is 8.11. The predicted molar refractivity (Wildman–Crippen MR) is 125 cm³/mol. The number of carbonyl (C=O) groups excluding carboxylic acids is 2. The molecule has 0 spiro atoms. The van der Waals surface area contributed by atoms with E-state index in [9.17, 15) is 9.59 Å². The van der Waals surface area contributed by atoms with Crippen LogP contribution >= 0.6 is 22.9 Å². The normalized spacial score (nSPS) is 11.4. The first kappa shape index (κ1) is 24.4. The van der Waals surface area contributed by atoms with Crippen molar-refractivity contribution in [2.45, 2.75) is 34.6 Å². The molecule has 1 aromatic carbocycles. The Kier molecular flexibility index (Phi) is 9.34. The Bertz CT molecular complexity index is 837. The third kappa shape index (κ3) is 7.11. The van der Waals surface area contributed by atoms with Gasteiger partial charge in [-0.15, -0.1) is 11.3 Å². The van der Waals surface area contributed by atoms with Crippen molar-refractivity contribution in [2.24, 2.45) is 11.8 Å². The molecule has 0 aliphatic heterocycles. The van der Waals surface area contributed by atoms with E-state index in [1.165, 1.54) is 11.3 Å². The molecular formula is C23H31ClN2O3S. The van der Waals surface area contributed by atoms with Gasteiger partial charge in [0.15, 0.2) is 0 Å². The second kappa shape index (κ2) is 11.5. The first-order valence-electron chi connectivity index (χ1n) is 10.3. The lowest BCUT2D eigenvalue weighted by molar-refractivity contribution is -0.117. The topological polar surface area (TPSA) is 58.6 Å². The van der Waals surface area contributed by atoms with Crippen molar-refractivity contribution >= 4 is 39.8 Å². The summed E-state index contributed by atoms with van der Waals surface area (Å²) in [6.07, 6.45) is 0. The largest absolute Gasteiger partial charge is 0.462 e. The average Bonchev–Trinajstić information content (AvgIpc) is 3.04. The number of anilines is 1. The summed E-state index contributed by atoms with van der Waals surface area (Å²) in [4.78, 5) is 27.6. The van der Waals surface area contributed by atoms with Crippen molar-refractivity contribution in [3.05, 3.63) is 40.2 Å². The summed E-state index contributed by atoms with van der Waals surface area (Å²) in [6, 6.07) is 7.26. The van der Waals surface area contributed by atoms with Gasteiger partial charge < -0.3 is 10.1 Å². The molecule has 0 atom stereocenters. The molecule has 0 saturated carbocycles. The van der Waals surface area contributed by atoms with Crippen LogP contribution in [0.2, 0.25) is 5.02 Å². The zero-order chi connectivity index (χ0) is 22.3. The molecule has 1 N–H and O–H groups in total. The minimum Gasteiger partial charge on any atom is -0.462 e. The first-order chi connectivity index (χ1) is 14.2. The molecule has 0 radical (unpaired) electrons. The zero-order valence-electron chi connectivity index (χ0n) is 18.3. The van der Waals surface area contributed by atoms with Gasteiger partial charge in [-0.1, -0.05) is 51.4 Å². The fraction of sp³-hybridized carbons (Fsp3) is 0.478. The van der Waals surface area contributed by atoms with Crippen molar-refractivity contribution in [2.75, 3.05) is 31.6 Å². The summed E-state index contributed by atoms with van der Waals surface area (Å²) in [5, 5.41) is 5.94. The second-order valence-corrected chi connectivity index (χ2v) is 9.43. The fourth-order valence-electron chi connectivity index (χ4n) is 3.30. The van der Waals surface area contributed by atoms with Crippen molar-refractivity contribution in [1.29, 1.82) is 0 Å². The summed E-state index contributed by atoms with van der Waals surface area (Å²) in [5.41, 5.74) is 1.96. The van der Waals surface area contributed by atoms with E-state index in [0.717, 1.165) is 24.2 Å². The smallest absolute Gasteiger partial charge is 0.341 e. The average molecular weight is 451 g/mol. The molecule has 5 nitrogen and oxygen atoms in total. The van der Waals surface area contributed by atoms with Gasteiger partial charge in [0.1, 0.15) is 10.6 Å². The summed E-state index contributed by atoms with van der Waals surface area (Å²) in [5.74, 6) is 0.348. The predicted octanol–water partition coefficient (Wildman–Crippen LogP) is 5.80. The molecule has 1 heterocycles. The summed E-state index contributed by atoms with van der Waals surface area (Å²) >= 11 is 7.32. The number of halogens is 1. The van der Waals surface area contributed by atoms with Crippen LogP contribution in [0.15, 0.2) is 29.6 Å². The van der Waals surface area contributed by atoms with Gasteiger partial charge in [-0.05, 0) is 36.5 Å². The van der Waals surface area contributed by atoms with Gasteiger partial charge in [-0.2, -0.15) is 0 Å². The van der Waals surface area contributed by atoms with E-state index in [0.29, 0.717) is 27.4 Å². The molecule has 0 saturated heterocycles. The number of rotatable bonds is 10. The molecule has 0 aliphatic carbocycles. The molecule has 164 valence electrons. The highest BCUT2D eigenvalue weighted by molar-refractivity contribution is 7.15. The number of benzene rings is 1. The molecule has 0 bridgehead atoms. The van der Waals surface area contributed by atoms with Crippen molar-refractivity contribution in [3.8, 4) is 11.1 Å². The Hall–Kier alpha value is -1.89. The number of hydrogen-bond acceptors (Lipinski definition) is 5. The molecule has 0 fully saturated rings. The van der Waals surface area contributed by atoms with E-state index in [-0.39, 0.29) is 19.1 Å². The number of ether oxygens (including phenoxy) is 1. The molecule has 1 amide bonds. The standard InChI is InChI=1S/C23H31ClN2O3S/c1-6-29-23(28)21-19(17-7-9-18(24)10-8-17)14-30-22(21)25-20(27)13-26(11-15(2)3)12-16(4)5/h7-10,14-16H,6,11-13H2,1-5H3,(H,25,27). The van der Waals surface area contributed by atoms with E-state index in [1.807, 2.05) is 17.5 Å². The summed E-state index contributed by atoms with van der Waals surface area (Å²) < 4.78 is 5.26. The molecule has 1 aromatic heterocycles. The highest BCUT2D eigenvalue weighted by Gasteiger charge is 2.23. The van der Waals surface area contributed by atoms with E-state index in [1.54, 1.807) is 19.1 Å². The highest BCUT2D eigenvalue weighted by atomic mass is 35.5. The minimum atomic E-state index is -0.444. The van der Waals surface area contributed by atoms with Crippen LogP contribution in [0.1, 0.15) is 45.0 Å². The third-order valence-electron chi connectivity index (χ3n) is 4.29. The summed E-state index contributed by atoms with van der Waals surface area (Å²) in [6.45, 7) is 12.6. The lowest BCUT2D eigenvalue weighted by atomic mass is 10.0. The fourth-order valence-corrected chi connectivity index (χ4v) is 4.40. The minimum absolute atomic E-state index is 0.133. The van der Waals surface area contributed by atoms with Gasteiger partial charge in [0, 0.05) is 29.1 Å². The van der Waals surface area contributed by atoms with Crippen molar-refractivity contribution in [1.82, 2.24) is 4.90 Å². The Morgan fingerprint density at radius 3 is 2.23 bits per heavy atom. The van der Waals surface area contributed by atoms with Gasteiger partial charge in [-0.25, -0.2) is 4.79 Å². The number of thiophene rings is 1. The van der Waals surface area contributed by atoms with Gasteiger partial charge in [-0.3, -0.25) is 9.69 Å². The maximum atomic E-state index is 12.8. The van der Waals surface area contributed by atoms with Gasteiger partial charge in [0.05, 0.1) is 13.2 Å². The number of carbonyl (C=O) groups is 2. The van der Waals surface area contributed by atoms with Gasteiger partial charge >= 0.3 is 5.97 Å². The maximum absolute atomic E-state index is 12.8. The Balaban J connectivity index is 2.26. The van der Waals surface area contributed by atoms with Gasteiger partial charge in [0.25, 0.3) is 0 Å². The van der Waals surface area contributed by atoms with E-state index < -0.39 is 5.97 Å². The van der Waals surface area contributed by atoms with Crippen LogP contribution in [-0.4, -0.2) is 43.0 Å². The lowest BCUT2D eigenvalue weighted by Gasteiger charge is -2.25. The maximum Gasteiger partial charge on any atom is 0.341 e. The van der Waals surface area contributed by atoms with E-state index in [2.05, 4.69) is 37.9 Å². The quantitative estimate of drug-likeness (QED) is 0.465. The van der Waals surface area contributed by atoms with E-state index in [4.69, 9.17) is 16.3 Å². The molecule has 2 rings (SSSR count). The molecular weight excluding hydrogens is 420 g/mol. The van der Waals surface area contributed by atoms with Crippen LogP contribution in [0.4, 0.5) is 5.00 Å².